The highest BCUT2D eigenvalue weighted by Gasteiger charge is 2.12. The molecule has 0 aromatic rings. The molecule has 2 fully saturated rings. The van der Waals surface area contributed by atoms with Crippen LogP contribution in [0.3, 0.4) is 0 Å². The maximum absolute atomic E-state index is 3.41. The number of nitrogens with one attached hydrogen (secondary N) is 2. The Hall–Kier alpha value is -0.0800. The Morgan fingerprint density at radius 2 is 1.53 bits per heavy atom. The molecule has 2 rings (SSSR count). The lowest BCUT2D eigenvalue weighted by Gasteiger charge is -2.24. The number of hydrogen-bond acceptors (Lipinski definition) is 2. The summed E-state index contributed by atoms with van der Waals surface area (Å²) in [4.78, 5) is 0. The third kappa shape index (κ3) is 6.16. The Balaban J connectivity index is 0.000000151. The fourth-order valence-electron chi connectivity index (χ4n) is 2.41. The quantitative estimate of drug-likeness (QED) is 0.645. The second-order valence-electron chi connectivity index (χ2n) is 5.34. The van der Waals surface area contributed by atoms with Gasteiger partial charge in [0.25, 0.3) is 0 Å². The average Bonchev–Trinajstić information content (AvgIpc) is 2.19. The van der Waals surface area contributed by atoms with Crippen molar-refractivity contribution >= 4 is 0 Å². The minimum atomic E-state index is 0.763. The maximum atomic E-state index is 3.41. The van der Waals surface area contributed by atoms with Gasteiger partial charge >= 0.3 is 0 Å². The molecular formula is C13H28N2. The summed E-state index contributed by atoms with van der Waals surface area (Å²) in [6.45, 7) is 9.30. The van der Waals surface area contributed by atoms with E-state index < -0.39 is 0 Å². The van der Waals surface area contributed by atoms with Gasteiger partial charge in [-0.3, -0.25) is 0 Å². The van der Waals surface area contributed by atoms with Crippen molar-refractivity contribution in [3.05, 3.63) is 0 Å². The van der Waals surface area contributed by atoms with Gasteiger partial charge in [-0.05, 0) is 58.5 Å². The highest BCUT2D eigenvalue weighted by atomic mass is 14.9. The molecule has 0 bridgehead atoms. The Labute approximate surface area is 95.2 Å². The Morgan fingerprint density at radius 3 is 1.87 bits per heavy atom. The van der Waals surface area contributed by atoms with E-state index in [0.717, 1.165) is 18.0 Å². The number of rotatable bonds is 0. The molecule has 15 heavy (non-hydrogen) atoms. The zero-order valence-corrected chi connectivity index (χ0v) is 10.7. The second kappa shape index (κ2) is 7.24. The predicted molar refractivity (Wildman–Crippen MR) is 67.2 cm³/mol. The van der Waals surface area contributed by atoms with Crippen molar-refractivity contribution in [1.29, 1.82) is 0 Å². The van der Waals surface area contributed by atoms with Gasteiger partial charge in [0, 0.05) is 12.1 Å². The van der Waals surface area contributed by atoms with Crippen LogP contribution in [0.4, 0.5) is 0 Å². The summed E-state index contributed by atoms with van der Waals surface area (Å²) in [6, 6.07) is 1.55. The van der Waals surface area contributed by atoms with Crippen molar-refractivity contribution in [1.82, 2.24) is 10.6 Å². The molecule has 2 aliphatic rings. The highest BCUT2D eigenvalue weighted by molar-refractivity contribution is 4.71. The van der Waals surface area contributed by atoms with Crippen LogP contribution in [0.15, 0.2) is 0 Å². The van der Waals surface area contributed by atoms with E-state index in [1.54, 1.807) is 0 Å². The van der Waals surface area contributed by atoms with Crippen LogP contribution in [0.2, 0.25) is 0 Å². The van der Waals surface area contributed by atoms with Crippen LogP contribution in [0.5, 0.6) is 0 Å². The Morgan fingerprint density at radius 1 is 0.800 bits per heavy atom. The maximum Gasteiger partial charge on any atom is 0.00412 e. The van der Waals surface area contributed by atoms with Gasteiger partial charge in [0.1, 0.15) is 0 Å². The molecule has 0 aromatic heterocycles. The lowest BCUT2D eigenvalue weighted by Crippen LogP contribution is -2.34. The topological polar surface area (TPSA) is 24.1 Å². The van der Waals surface area contributed by atoms with Gasteiger partial charge in [0.2, 0.25) is 0 Å². The second-order valence-corrected chi connectivity index (χ2v) is 5.34. The van der Waals surface area contributed by atoms with Crippen molar-refractivity contribution in [3.63, 3.8) is 0 Å². The molecule has 0 aliphatic carbocycles. The van der Waals surface area contributed by atoms with Gasteiger partial charge in [-0.2, -0.15) is 0 Å². The van der Waals surface area contributed by atoms with Gasteiger partial charge in [0.15, 0.2) is 0 Å². The first kappa shape index (κ1) is 13.0. The fraction of sp³-hybridized carbons (Fsp3) is 1.00. The molecule has 0 aromatic carbocycles. The molecule has 2 heterocycles. The Bertz CT molecular complexity index is 145. The fourth-order valence-corrected chi connectivity index (χ4v) is 2.41. The zero-order valence-electron chi connectivity index (χ0n) is 10.7. The van der Waals surface area contributed by atoms with Crippen LogP contribution >= 0.6 is 0 Å². The number of hydrogen-bond donors (Lipinski definition) is 2. The van der Waals surface area contributed by atoms with Gasteiger partial charge < -0.3 is 10.6 Å². The van der Waals surface area contributed by atoms with Crippen molar-refractivity contribution in [3.8, 4) is 0 Å². The summed E-state index contributed by atoms with van der Waals surface area (Å²) in [7, 11) is 0. The van der Waals surface area contributed by atoms with E-state index in [0.29, 0.717) is 0 Å². The van der Waals surface area contributed by atoms with Crippen molar-refractivity contribution in [2.24, 2.45) is 5.92 Å². The molecule has 0 saturated carbocycles. The first-order valence-electron chi connectivity index (χ1n) is 6.65. The van der Waals surface area contributed by atoms with Crippen LogP contribution in [0.25, 0.3) is 0 Å². The lowest BCUT2D eigenvalue weighted by atomic mass is 9.96. The third-order valence-corrected chi connectivity index (χ3v) is 3.44. The van der Waals surface area contributed by atoms with Crippen LogP contribution in [-0.4, -0.2) is 25.2 Å². The molecule has 0 spiro atoms. The summed E-state index contributed by atoms with van der Waals surface area (Å²) in [6.07, 6.45) is 6.91. The lowest BCUT2D eigenvalue weighted by molar-refractivity contribution is 0.336. The van der Waals surface area contributed by atoms with E-state index in [2.05, 4.69) is 31.4 Å². The summed E-state index contributed by atoms with van der Waals surface area (Å²) in [5.41, 5.74) is 0. The van der Waals surface area contributed by atoms with Crippen LogP contribution < -0.4 is 10.6 Å². The van der Waals surface area contributed by atoms with Crippen LogP contribution in [-0.2, 0) is 0 Å². The van der Waals surface area contributed by atoms with E-state index in [9.17, 15) is 0 Å². The summed E-state index contributed by atoms with van der Waals surface area (Å²) < 4.78 is 0. The van der Waals surface area contributed by atoms with Crippen molar-refractivity contribution < 1.29 is 0 Å². The normalized spacial score (nSPS) is 36.6. The van der Waals surface area contributed by atoms with Crippen molar-refractivity contribution in [2.45, 2.75) is 65.0 Å². The SMILES string of the molecule is CC1CCCCN1.CC1CCNC(C)C1. The van der Waals surface area contributed by atoms with E-state index in [4.69, 9.17) is 0 Å². The molecule has 90 valence electrons. The van der Waals surface area contributed by atoms with E-state index >= 15 is 0 Å². The molecular weight excluding hydrogens is 184 g/mol. The third-order valence-electron chi connectivity index (χ3n) is 3.44. The molecule has 2 aliphatic heterocycles. The molecule has 3 unspecified atom stereocenters. The monoisotopic (exact) mass is 212 g/mol. The Kier molecular flexibility index (Phi) is 6.26. The van der Waals surface area contributed by atoms with Gasteiger partial charge in [-0.25, -0.2) is 0 Å². The van der Waals surface area contributed by atoms with Gasteiger partial charge in [0.05, 0.1) is 0 Å². The summed E-state index contributed by atoms with van der Waals surface area (Å²) >= 11 is 0. The first-order valence-corrected chi connectivity index (χ1v) is 6.65. The molecule has 0 radical (unpaired) electrons. The minimum absolute atomic E-state index is 0.763. The standard InChI is InChI=1S/C7H15N.C6H13N/c1-6-3-4-8-7(2)5-6;1-6-4-2-3-5-7-6/h6-8H,3-5H2,1-2H3;6-7H,2-5H2,1H3. The number of piperidine rings is 2. The molecule has 2 heteroatoms. The minimum Gasteiger partial charge on any atom is -0.314 e. The first-order chi connectivity index (χ1) is 7.18. The predicted octanol–water partition coefficient (Wildman–Crippen LogP) is 2.54. The van der Waals surface area contributed by atoms with E-state index in [1.807, 2.05) is 0 Å². The highest BCUT2D eigenvalue weighted by Crippen LogP contribution is 2.13. The van der Waals surface area contributed by atoms with Gasteiger partial charge in [-0.15, -0.1) is 0 Å². The van der Waals surface area contributed by atoms with E-state index in [1.165, 1.54) is 45.2 Å². The molecule has 2 N–H and O–H groups in total. The molecule has 3 atom stereocenters. The average molecular weight is 212 g/mol. The smallest absolute Gasteiger partial charge is 0.00412 e. The molecule has 0 amide bonds. The molecule has 2 nitrogen and oxygen atoms in total. The summed E-state index contributed by atoms with van der Waals surface area (Å²) in [5, 5.41) is 6.79. The van der Waals surface area contributed by atoms with E-state index in [-0.39, 0.29) is 0 Å². The van der Waals surface area contributed by atoms with Crippen LogP contribution in [0.1, 0.15) is 52.9 Å². The summed E-state index contributed by atoms with van der Waals surface area (Å²) in [5.74, 6) is 0.950. The molecule has 2 saturated heterocycles. The van der Waals surface area contributed by atoms with Crippen LogP contribution in [0, 0.1) is 5.92 Å². The van der Waals surface area contributed by atoms with Crippen molar-refractivity contribution in [2.75, 3.05) is 13.1 Å². The zero-order chi connectivity index (χ0) is 11.1. The largest absolute Gasteiger partial charge is 0.314 e. The van der Waals surface area contributed by atoms with Gasteiger partial charge in [-0.1, -0.05) is 13.3 Å².